The molecule has 0 fully saturated rings. The number of rotatable bonds is 3. The molecule has 0 aliphatic carbocycles. The van der Waals surface area contributed by atoms with Gasteiger partial charge < -0.3 is 5.11 Å². The molecule has 17 heavy (non-hydrogen) atoms. The Morgan fingerprint density at radius 1 is 1.35 bits per heavy atom. The fourth-order valence-electron chi connectivity index (χ4n) is 1.23. The van der Waals surface area contributed by atoms with Crippen molar-refractivity contribution in [2.45, 2.75) is 0 Å². The quantitative estimate of drug-likeness (QED) is 0.666. The maximum absolute atomic E-state index is 10.7. The molecule has 0 bridgehead atoms. The van der Waals surface area contributed by atoms with Crippen molar-refractivity contribution in [2.75, 3.05) is 0 Å². The molecule has 0 saturated carbocycles. The zero-order chi connectivity index (χ0) is 12.4. The second-order valence-electron chi connectivity index (χ2n) is 3.14. The molecule has 86 valence electrons. The van der Waals surface area contributed by atoms with Crippen molar-refractivity contribution in [1.82, 2.24) is 4.98 Å². The molecule has 0 amide bonds. The third kappa shape index (κ3) is 2.28. The van der Waals surface area contributed by atoms with E-state index in [0.29, 0.717) is 10.6 Å². The number of carboxylic acid groups (broad SMARTS) is 1. The summed E-state index contributed by atoms with van der Waals surface area (Å²) in [6.07, 6.45) is 1.27. The Kier molecular flexibility index (Phi) is 2.84. The van der Waals surface area contributed by atoms with Crippen LogP contribution in [0.15, 0.2) is 30.5 Å². The van der Waals surface area contributed by atoms with Crippen molar-refractivity contribution in [2.24, 2.45) is 0 Å². The number of carboxylic acids is 1. The van der Waals surface area contributed by atoms with Crippen LogP contribution < -0.4 is 0 Å². The standard InChI is InChI=1S/C10H6N2O4S/c13-10(14)8-5-11-9(17-8)6-1-3-7(4-2-6)12(15)16/h1-5H,(H,13,14). The molecule has 0 saturated heterocycles. The van der Waals surface area contributed by atoms with Crippen LogP contribution in [-0.2, 0) is 0 Å². The summed E-state index contributed by atoms with van der Waals surface area (Å²) in [4.78, 5) is 24.7. The van der Waals surface area contributed by atoms with E-state index in [1.54, 1.807) is 12.1 Å². The van der Waals surface area contributed by atoms with Crippen molar-refractivity contribution < 1.29 is 14.8 Å². The van der Waals surface area contributed by atoms with E-state index in [1.165, 1.54) is 18.3 Å². The molecule has 0 aliphatic heterocycles. The molecule has 0 unspecified atom stereocenters. The summed E-state index contributed by atoms with van der Waals surface area (Å²) < 4.78 is 0. The summed E-state index contributed by atoms with van der Waals surface area (Å²) >= 11 is 1.03. The lowest BCUT2D eigenvalue weighted by atomic mass is 10.2. The van der Waals surface area contributed by atoms with E-state index in [-0.39, 0.29) is 10.6 Å². The van der Waals surface area contributed by atoms with E-state index in [1.807, 2.05) is 0 Å². The van der Waals surface area contributed by atoms with E-state index in [9.17, 15) is 14.9 Å². The van der Waals surface area contributed by atoms with Gasteiger partial charge in [-0.25, -0.2) is 9.78 Å². The molecule has 1 aromatic carbocycles. The number of thiazole rings is 1. The van der Waals surface area contributed by atoms with Crippen LogP contribution in [0.3, 0.4) is 0 Å². The third-order valence-corrected chi connectivity index (χ3v) is 3.08. The number of carbonyl (C=O) groups is 1. The molecule has 1 N–H and O–H groups in total. The van der Waals surface area contributed by atoms with Gasteiger partial charge in [-0.05, 0) is 12.1 Å². The van der Waals surface area contributed by atoms with Gasteiger partial charge in [0, 0.05) is 17.7 Å². The molecule has 7 heteroatoms. The molecule has 0 spiro atoms. The number of hydrogen-bond donors (Lipinski definition) is 1. The second-order valence-corrected chi connectivity index (χ2v) is 4.17. The Morgan fingerprint density at radius 3 is 2.47 bits per heavy atom. The number of non-ortho nitro benzene ring substituents is 1. The molecule has 2 aromatic rings. The average molecular weight is 250 g/mol. The number of nitrogens with zero attached hydrogens (tertiary/aromatic N) is 2. The van der Waals surface area contributed by atoms with Crippen molar-refractivity contribution in [3.63, 3.8) is 0 Å². The number of benzene rings is 1. The van der Waals surface area contributed by atoms with Gasteiger partial charge in [-0.15, -0.1) is 11.3 Å². The zero-order valence-corrected chi connectivity index (χ0v) is 9.18. The fourth-order valence-corrected chi connectivity index (χ4v) is 1.99. The van der Waals surface area contributed by atoms with Gasteiger partial charge >= 0.3 is 5.97 Å². The first-order valence-electron chi connectivity index (χ1n) is 4.52. The van der Waals surface area contributed by atoms with Crippen LogP contribution in [0.1, 0.15) is 9.67 Å². The lowest BCUT2D eigenvalue weighted by molar-refractivity contribution is -0.384. The van der Waals surface area contributed by atoms with Gasteiger partial charge in [0.05, 0.1) is 11.1 Å². The maximum Gasteiger partial charge on any atom is 0.347 e. The van der Waals surface area contributed by atoms with Crippen LogP contribution in [-0.4, -0.2) is 21.0 Å². The first-order chi connectivity index (χ1) is 8.08. The van der Waals surface area contributed by atoms with Gasteiger partial charge in [0.2, 0.25) is 0 Å². The van der Waals surface area contributed by atoms with Crippen LogP contribution in [0.25, 0.3) is 10.6 Å². The van der Waals surface area contributed by atoms with Gasteiger partial charge in [-0.3, -0.25) is 10.1 Å². The van der Waals surface area contributed by atoms with E-state index in [4.69, 9.17) is 5.11 Å². The monoisotopic (exact) mass is 250 g/mol. The van der Waals surface area contributed by atoms with Crippen LogP contribution in [0.5, 0.6) is 0 Å². The van der Waals surface area contributed by atoms with Gasteiger partial charge in [0.1, 0.15) is 9.88 Å². The van der Waals surface area contributed by atoms with E-state index >= 15 is 0 Å². The highest BCUT2D eigenvalue weighted by Gasteiger charge is 2.11. The van der Waals surface area contributed by atoms with E-state index < -0.39 is 10.9 Å². The molecule has 2 rings (SSSR count). The van der Waals surface area contributed by atoms with E-state index in [2.05, 4.69) is 4.98 Å². The van der Waals surface area contributed by atoms with Crippen LogP contribution >= 0.6 is 11.3 Å². The minimum atomic E-state index is -1.03. The van der Waals surface area contributed by atoms with Crippen molar-refractivity contribution >= 4 is 23.0 Å². The predicted molar refractivity (Wildman–Crippen MR) is 61.2 cm³/mol. The topological polar surface area (TPSA) is 93.3 Å². The van der Waals surface area contributed by atoms with Crippen molar-refractivity contribution in [3.05, 3.63) is 45.5 Å². The van der Waals surface area contributed by atoms with Gasteiger partial charge in [-0.2, -0.15) is 0 Å². The molecule has 1 heterocycles. The maximum atomic E-state index is 10.7. The number of nitro groups is 1. The zero-order valence-electron chi connectivity index (χ0n) is 8.36. The molecular formula is C10H6N2O4S. The Labute approximate surface area is 99.3 Å². The number of aromatic nitrogens is 1. The molecule has 1 aromatic heterocycles. The largest absolute Gasteiger partial charge is 0.477 e. The molecular weight excluding hydrogens is 244 g/mol. The number of hydrogen-bond acceptors (Lipinski definition) is 5. The lowest BCUT2D eigenvalue weighted by Gasteiger charge is -1.95. The SMILES string of the molecule is O=C(O)c1cnc(-c2ccc([N+](=O)[O-])cc2)s1. The van der Waals surface area contributed by atoms with Gasteiger partial charge in [0.25, 0.3) is 5.69 Å². The molecule has 0 aliphatic rings. The lowest BCUT2D eigenvalue weighted by Crippen LogP contribution is -1.89. The molecule has 6 nitrogen and oxygen atoms in total. The van der Waals surface area contributed by atoms with Crippen LogP contribution in [0, 0.1) is 10.1 Å². The molecule has 0 atom stereocenters. The molecule has 0 radical (unpaired) electrons. The number of aromatic carboxylic acids is 1. The van der Waals surface area contributed by atoms with Gasteiger partial charge in [-0.1, -0.05) is 0 Å². The average Bonchev–Trinajstić information content (AvgIpc) is 2.78. The highest BCUT2D eigenvalue weighted by atomic mass is 32.1. The van der Waals surface area contributed by atoms with Crippen molar-refractivity contribution in [3.8, 4) is 10.6 Å². The number of nitro benzene ring substituents is 1. The normalized spacial score (nSPS) is 10.1. The Hall–Kier alpha value is -2.28. The van der Waals surface area contributed by atoms with E-state index in [0.717, 1.165) is 11.3 Å². The minimum absolute atomic E-state index is 0.0104. The highest BCUT2D eigenvalue weighted by Crippen LogP contribution is 2.26. The van der Waals surface area contributed by atoms with Crippen molar-refractivity contribution in [1.29, 1.82) is 0 Å². The highest BCUT2D eigenvalue weighted by molar-refractivity contribution is 7.16. The summed E-state index contributed by atoms with van der Waals surface area (Å²) in [6, 6.07) is 5.81. The predicted octanol–water partition coefficient (Wildman–Crippen LogP) is 2.42. The first kappa shape index (κ1) is 11.2. The summed E-state index contributed by atoms with van der Waals surface area (Å²) in [6.45, 7) is 0. The Bertz CT molecular complexity index is 576. The third-order valence-electron chi connectivity index (χ3n) is 2.04. The fraction of sp³-hybridized carbons (Fsp3) is 0. The summed E-state index contributed by atoms with van der Waals surface area (Å²) in [5.41, 5.74) is 0.650. The Balaban J connectivity index is 2.33. The summed E-state index contributed by atoms with van der Waals surface area (Å²) in [5.74, 6) is -1.03. The van der Waals surface area contributed by atoms with Crippen LogP contribution in [0.2, 0.25) is 0 Å². The first-order valence-corrected chi connectivity index (χ1v) is 5.33. The van der Waals surface area contributed by atoms with Crippen LogP contribution in [0.4, 0.5) is 5.69 Å². The minimum Gasteiger partial charge on any atom is -0.477 e. The second kappa shape index (κ2) is 4.30. The van der Waals surface area contributed by atoms with Gasteiger partial charge in [0.15, 0.2) is 0 Å². The smallest absolute Gasteiger partial charge is 0.347 e. The summed E-state index contributed by atoms with van der Waals surface area (Å²) in [7, 11) is 0. The Morgan fingerprint density at radius 2 is 2.00 bits per heavy atom. The summed E-state index contributed by atoms with van der Waals surface area (Å²) in [5, 5.41) is 19.7.